The Kier molecular flexibility index (Phi) is 4.17. The van der Waals surface area contributed by atoms with E-state index in [2.05, 4.69) is 23.7 Å². The molecule has 2 heterocycles. The predicted molar refractivity (Wildman–Crippen MR) is 77.2 cm³/mol. The van der Waals surface area contributed by atoms with Crippen LogP contribution >= 0.6 is 23.1 Å². The van der Waals surface area contributed by atoms with Crippen LogP contribution in [0.25, 0.3) is 0 Å². The van der Waals surface area contributed by atoms with Crippen LogP contribution in [-0.2, 0) is 6.42 Å². The summed E-state index contributed by atoms with van der Waals surface area (Å²) in [5.74, 6) is -0.858. The normalized spacial score (nSPS) is 24.3. The predicted octanol–water partition coefficient (Wildman–Crippen LogP) is 2.73. The monoisotopic (exact) mass is 286 g/mol. The summed E-state index contributed by atoms with van der Waals surface area (Å²) in [4.78, 5) is 18.3. The van der Waals surface area contributed by atoms with Crippen LogP contribution in [-0.4, -0.2) is 39.6 Å². The lowest BCUT2D eigenvalue weighted by Crippen LogP contribution is -2.40. The van der Waals surface area contributed by atoms with Crippen molar-refractivity contribution in [2.75, 3.05) is 18.0 Å². The SMILES string of the molecule is CCc1nc(N2CC(C)SC(C)C2)sc1C(=O)O. The lowest BCUT2D eigenvalue weighted by molar-refractivity contribution is 0.0701. The Bertz CT molecular complexity index is 437. The van der Waals surface area contributed by atoms with Gasteiger partial charge in [-0.15, -0.1) is 0 Å². The molecule has 18 heavy (non-hydrogen) atoms. The minimum absolute atomic E-state index is 0.394. The molecule has 0 saturated carbocycles. The van der Waals surface area contributed by atoms with Crippen molar-refractivity contribution in [3.05, 3.63) is 10.6 Å². The average Bonchev–Trinajstić information content (AvgIpc) is 2.71. The van der Waals surface area contributed by atoms with E-state index in [0.29, 0.717) is 27.5 Å². The molecule has 0 radical (unpaired) electrons. The molecule has 1 N–H and O–H groups in total. The van der Waals surface area contributed by atoms with Gasteiger partial charge in [-0.1, -0.05) is 32.1 Å². The van der Waals surface area contributed by atoms with Crippen molar-refractivity contribution < 1.29 is 9.90 Å². The van der Waals surface area contributed by atoms with Gasteiger partial charge in [0.15, 0.2) is 5.13 Å². The van der Waals surface area contributed by atoms with Crippen molar-refractivity contribution in [2.24, 2.45) is 0 Å². The number of hydrogen-bond donors (Lipinski definition) is 1. The summed E-state index contributed by atoms with van der Waals surface area (Å²) in [6.07, 6.45) is 0.672. The van der Waals surface area contributed by atoms with E-state index in [1.807, 2.05) is 18.7 Å². The fraction of sp³-hybridized carbons (Fsp3) is 0.667. The highest BCUT2D eigenvalue weighted by atomic mass is 32.2. The van der Waals surface area contributed by atoms with Crippen molar-refractivity contribution in [3.63, 3.8) is 0 Å². The highest BCUT2D eigenvalue weighted by Crippen LogP contribution is 2.32. The van der Waals surface area contributed by atoms with Gasteiger partial charge in [-0.25, -0.2) is 9.78 Å². The van der Waals surface area contributed by atoms with Crippen molar-refractivity contribution in [1.82, 2.24) is 4.98 Å². The minimum atomic E-state index is -0.858. The molecule has 6 heteroatoms. The number of aryl methyl sites for hydroxylation is 1. The zero-order chi connectivity index (χ0) is 13.3. The Morgan fingerprint density at radius 3 is 2.50 bits per heavy atom. The number of nitrogens with zero attached hydrogens (tertiary/aromatic N) is 2. The first-order valence-corrected chi connectivity index (χ1v) is 7.90. The number of carboxylic acids is 1. The molecule has 2 unspecified atom stereocenters. The van der Waals surface area contributed by atoms with Crippen LogP contribution < -0.4 is 4.90 Å². The van der Waals surface area contributed by atoms with Crippen LogP contribution in [0.1, 0.15) is 36.1 Å². The number of thiazole rings is 1. The van der Waals surface area contributed by atoms with Crippen LogP contribution in [0.3, 0.4) is 0 Å². The number of hydrogen-bond acceptors (Lipinski definition) is 5. The van der Waals surface area contributed by atoms with Crippen molar-refractivity contribution in [1.29, 1.82) is 0 Å². The zero-order valence-corrected chi connectivity index (χ0v) is 12.5. The molecule has 0 spiro atoms. The molecule has 1 aliphatic rings. The zero-order valence-electron chi connectivity index (χ0n) is 10.8. The van der Waals surface area contributed by atoms with E-state index in [1.165, 1.54) is 11.3 Å². The molecule has 0 amide bonds. The maximum atomic E-state index is 11.2. The third-order valence-electron chi connectivity index (χ3n) is 2.91. The molecule has 1 aromatic rings. The second-order valence-electron chi connectivity index (χ2n) is 4.59. The van der Waals surface area contributed by atoms with Crippen molar-refractivity contribution >= 4 is 34.2 Å². The Labute approximate surface area is 115 Å². The highest BCUT2D eigenvalue weighted by molar-refractivity contribution is 8.00. The number of carboxylic acid groups (broad SMARTS) is 1. The van der Waals surface area contributed by atoms with Gasteiger partial charge in [-0.3, -0.25) is 0 Å². The smallest absolute Gasteiger partial charge is 0.347 e. The first kappa shape index (κ1) is 13.7. The first-order valence-electron chi connectivity index (χ1n) is 6.14. The third kappa shape index (κ3) is 2.80. The van der Waals surface area contributed by atoms with Gasteiger partial charge in [0.1, 0.15) is 4.88 Å². The third-order valence-corrected chi connectivity index (χ3v) is 5.28. The molecular weight excluding hydrogens is 268 g/mol. The van der Waals surface area contributed by atoms with Crippen molar-refractivity contribution in [2.45, 2.75) is 37.7 Å². The van der Waals surface area contributed by atoms with Gasteiger partial charge < -0.3 is 10.0 Å². The summed E-state index contributed by atoms with van der Waals surface area (Å²) in [7, 11) is 0. The number of carbonyl (C=O) groups is 1. The second kappa shape index (κ2) is 5.48. The summed E-state index contributed by atoms with van der Waals surface area (Å²) in [6.45, 7) is 8.26. The summed E-state index contributed by atoms with van der Waals surface area (Å²) in [5.41, 5.74) is 0.709. The van der Waals surface area contributed by atoms with Gasteiger partial charge in [-0.05, 0) is 6.42 Å². The molecule has 1 fully saturated rings. The number of rotatable bonds is 3. The molecule has 4 nitrogen and oxygen atoms in total. The van der Waals surface area contributed by atoms with E-state index in [4.69, 9.17) is 5.11 Å². The molecule has 100 valence electrons. The van der Waals surface area contributed by atoms with E-state index in [0.717, 1.165) is 18.2 Å². The summed E-state index contributed by atoms with van der Waals surface area (Å²) in [5, 5.41) is 11.2. The average molecular weight is 286 g/mol. The van der Waals surface area contributed by atoms with E-state index in [-0.39, 0.29) is 0 Å². The molecule has 0 bridgehead atoms. The number of anilines is 1. The van der Waals surface area contributed by atoms with Gasteiger partial charge >= 0.3 is 5.97 Å². The Balaban J connectivity index is 2.25. The van der Waals surface area contributed by atoms with E-state index in [9.17, 15) is 4.79 Å². The van der Waals surface area contributed by atoms with Crippen LogP contribution in [0.15, 0.2) is 0 Å². The van der Waals surface area contributed by atoms with Gasteiger partial charge in [-0.2, -0.15) is 11.8 Å². The molecule has 0 aromatic carbocycles. The number of aromatic carboxylic acids is 1. The van der Waals surface area contributed by atoms with Gasteiger partial charge in [0.05, 0.1) is 5.69 Å². The van der Waals surface area contributed by atoms with E-state index >= 15 is 0 Å². The Morgan fingerprint density at radius 2 is 2.06 bits per heavy atom. The van der Waals surface area contributed by atoms with Gasteiger partial charge in [0.25, 0.3) is 0 Å². The number of thioether (sulfide) groups is 1. The lowest BCUT2D eigenvalue weighted by atomic mass is 10.3. The standard InChI is InChI=1S/C12H18N2O2S2/c1-4-9-10(11(15)16)18-12(13-9)14-5-7(2)17-8(3)6-14/h7-8H,4-6H2,1-3H3,(H,15,16). The van der Waals surface area contributed by atoms with Crippen LogP contribution in [0.2, 0.25) is 0 Å². The molecule has 2 atom stereocenters. The molecule has 0 aliphatic carbocycles. The number of aromatic nitrogens is 1. The summed E-state index contributed by atoms with van der Waals surface area (Å²) < 4.78 is 0. The highest BCUT2D eigenvalue weighted by Gasteiger charge is 2.26. The van der Waals surface area contributed by atoms with Crippen LogP contribution in [0.5, 0.6) is 0 Å². The van der Waals surface area contributed by atoms with E-state index in [1.54, 1.807) is 0 Å². The lowest BCUT2D eigenvalue weighted by Gasteiger charge is -2.34. The molecule has 1 aromatic heterocycles. The maximum Gasteiger partial charge on any atom is 0.347 e. The van der Waals surface area contributed by atoms with Crippen molar-refractivity contribution in [3.8, 4) is 0 Å². The largest absolute Gasteiger partial charge is 0.477 e. The molecule has 2 rings (SSSR count). The fourth-order valence-electron chi connectivity index (χ4n) is 2.22. The van der Waals surface area contributed by atoms with Crippen LogP contribution in [0, 0.1) is 0 Å². The second-order valence-corrected chi connectivity index (χ2v) is 7.45. The fourth-order valence-corrected chi connectivity index (χ4v) is 4.55. The molecule has 1 aliphatic heterocycles. The minimum Gasteiger partial charge on any atom is -0.477 e. The first-order chi connectivity index (χ1) is 8.51. The maximum absolute atomic E-state index is 11.2. The van der Waals surface area contributed by atoms with E-state index < -0.39 is 5.97 Å². The summed E-state index contributed by atoms with van der Waals surface area (Å²) >= 11 is 3.29. The topological polar surface area (TPSA) is 53.4 Å². The van der Waals surface area contributed by atoms with Gasteiger partial charge in [0, 0.05) is 23.6 Å². The molecule has 1 saturated heterocycles. The van der Waals surface area contributed by atoms with Crippen LogP contribution in [0.4, 0.5) is 5.13 Å². The molecular formula is C12H18N2O2S2. The quantitative estimate of drug-likeness (QED) is 0.926. The van der Waals surface area contributed by atoms with Gasteiger partial charge in [0.2, 0.25) is 0 Å². The Morgan fingerprint density at radius 1 is 1.44 bits per heavy atom. The Hall–Kier alpha value is -0.750. The summed E-state index contributed by atoms with van der Waals surface area (Å²) in [6, 6.07) is 0.